The molecule has 6 heteroatoms. The SMILES string of the molecule is CN=C(NCc1ccc(C)cc1OCCOC)NCC1(c2ccccc2F)CC1. The second kappa shape index (κ2) is 9.74. The van der Waals surface area contributed by atoms with Crippen molar-refractivity contribution in [2.75, 3.05) is 33.9 Å². The first-order valence-corrected chi connectivity index (χ1v) is 9.99. The molecule has 1 fully saturated rings. The molecule has 0 amide bonds. The summed E-state index contributed by atoms with van der Waals surface area (Å²) in [5.74, 6) is 1.40. The van der Waals surface area contributed by atoms with Gasteiger partial charge in [0.15, 0.2) is 5.96 Å². The van der Waals surface area contributed by atoms with Crippen LogP contribution < -0.4 is 15.4 Å². The molecule has 0 radical (unpaired) electrons. The lowest BCUT2D eigenvalue weighted by Crippen LogP contribution is -2.41. The minimum absolute atomic E-state index is 0.132. The molecule has 0 bridgehead atoms. The lowest BCUT2D eigenvalue weighted by Gasteiger charge is -2.20. The van der Waals surface area contributed by atoms with Gasteiger partial charge in [0.2, 0.25) is 0 Å². The first kappa shape index (κ1) is 21.1. The van der Waals surface area contributed by atoms with Crippen LogP contribution in [0.5, 0.6) is 5.75 Å². The van der Waals surface area contributed by atoms with Crippen LogP contribution in [0.1, 0.15) is 29.5 Å². The summed E-state index contributed by atoms with van der Waals surface area (Å²) in [5, 5.41) is 6.70. The molecule has 0 aliphatic heterocycles. The van der Waals surface area contributed by atoms with E-state index in [9.17, 15) is 4.39 Å². The van der Waals surface area contributed by atoms with Crippen molar-refractivity contribution in [1.29, 1.82) is 0 Å². The second-order valence-corrected chi connectivity index (χ2v) is 7.49. The van der Waals surface area contributed by atoms with Crippen molar-refractivity contribution in [3.63, 3.8) is 0 Å². The molecule has 2 N–H and O–H groups in total. The molecular weight excluding hydrogens is 369 g/mol. The first-order chi connectivity index (χ1) is 14.1. The molecule has 156 valence electrons. The van der Waals surface area contributed by atoms with E-state index in [2.05, 4.69) is 27.8 Å². The number of methoxy groups -OCH3 is 1. The van der Waals surface area contributed by atoms with Gasteiger partial charge in [0.05, 0.1) is 6.61 Å². The molecule has 0 spiro atoms. The third-order valence-electron chi connectivity index (χ3n) is 5.33. The number of hydrogen-bond acceptors (Lipinski definition) is 3. The van der Waals surface area contributed by atoms with Crippen molar-refractivity contribution in [1.82, 2.24) is 10.6 Å². The number of rotatable bonds is 9. The number of benzene rings is 2. The zero-order chi connectivity index (χ0) is 20.7. The Hall–Kier alpha value is -2.60. The van der Waals surface area contributed by atoms with Crippen LogP contribution in [-0.2, 0) is 16.7 Å². The standard InChI is InChI=1S/C23H30FN3O2/c1-17-8-9-18(21(14-17)29-13-12-28-3)15-26-22(25-2)27-16-23(10-11-23)19-6-4-5-7-20(19)24/h4-9,14H,10-13,15-16H2,1-3H3,(H2,25,26,27). The molecule has 3 rings (SSSR count). The van der Waals surface area contributed by atoms with Gasteiger partial charge in [0.1, 0.15) is 18.2 Å². The van der Waals surface area contributed by atoms with Crippen LogP contribution in [0.4, 0.5) is 4.39 Å². The lowest BCUT2D eigenvalue weighted by molar-refractivity contribution is 0.145. The number of aryl methyl sites for hydroxylation is 1. The summed E-state index contributed by atoms with van der Waals surface area (Å²) in [6.07, 6.45) is 1.96. The summed E-state index contributed by atoms with van der Waals surface area (Å²) >= 11 is 0. The van der Waals surface area contributed by atoms with E-state index in [1.54, 1.807) is 20.2 Å². The van der Waals surface area contributed by atoms with Crippen molar-refractivity contribution < 1.29 is 13.9 Å². The zero-order valence-corrected chi connectivity index (χ0v) is 17.4. The van der Waals surface area contributed by atoms with E-state index in [-0.39, 0.29) is 11.2 Å². The average Bonchev–Trinajstić information content (AvgIpc) is 3.51. The van der Waals surface area contributed by atoms with Crippen molar-refractivity contribution in [3.05, 3.63) is 65.0 Å². The molecule has 2 aromatic carbocycles. The summed E-state index contributed by atoms with van der Waals surface area (Å²) in [7, 11) is 3.40. The Kier molecular flexibility index (Phi) is 7.09. The van der Waals surface area contributed by atoms with Gasteiger partial charge in [0.25, 0.3) is 0 Å². The van der Waals surface area contributed by atoms with Crippen LogP contribution in [0.2, 0.25) is 0 Å². The summed E-state index contributed by atoms with van der Waals surface area (Å²) in [4.78, 5) is 4.31. The topological polar surface area (TPSA) is 54.9 Å². The maximum atomic E-state index is 14.2. The van der Waals surface area contributed by atoms with E-state index < -0.39 is 0 Å². The van der Waals surface area contributed by atoms with Crippen LogP contribution in [-0.4, -0.2) is 39.9 Å². The first-order valence-electron chi connectivity index (χ1n) is 9.99. The minimum Gasteiger partial charge on any atom is -0.491 e. The summed E-state index contributed by atoms with van der Waals surface area (Å²) in [5.41, 5.74) is 2.84. The third kappa shape index (κ3) is 5.48. The Morgan fingerprint density at radius 1 is 1.14 bits per heavy atom. The molecule has 0 heterocycles. The highest BCUT2D eigenvalue weighted by atomic mass is 19.1. The smallest absolute Gasteiger partial charge is 0.191 e. The lowest BCUT2D eigenvalue weighted by atomic mass is 9.95. The molecule has 0 unspecified atom stereocenters. The molecule has 0 atom stereocenters. The van der Waals surface area contributed by atoms with Crippen LogP contribution in [0.25, 0.3) is 0 Å². The molecule has 0 aromatic heterocycles. The minimum atomic E-state index is -0.138. The van der Waals surface area contributed by atoms with Crippen molar-refractivity contribution >= 4 is 5.96 Å². The molecule has 1 saturated carbocycles. The normalized spacial score (nSPS) is 15.1. The molecule has 1 aliphatic rings. The molecule has 0 saturated heterocycles. The van der Waals surface area contributed by atoms with E-state index >= 15 is 0 Å². The van der Waals surface area contributed by atoms with Gasteiger partial charge in [0, 0.05) is 38.2 Å². The Morgan fingerprint density at radius 2 is 1.93 bits per heavy atom. The third-order valence-corrected chi connectivity index (χ3v) is 5.33. The zero-order valence-electron chi connectivity index (χ0n) is 17.4. The summed E-state index contributed by atoms with van der Waals surface area (Å²) in [6, 6.07) is 13.2. The van der Waals surface area contributed by atoms with Crippen molar-refractivity contribution in [2.24, 2.45) is 4.99 Å². The van der Waals surface area contributed by atoms with Crippen LogP contribution in [0, 0.1) is 12.7 Å². The number of guanidine groups is 1. The van der Waals surface area contributed by atoms with Gasteiger partial charge < -0.3 is 20.1 Å². The van der Waals surface area contributed by atoms with Gasteiger partial charge in [-0.05, 0) is 43.0 Å². The van der Waals surface area contributed by atoms with Gasteiger partial charge >= 0.3 is 0 Å². The Balaban J connectivity index is 1.58. The quantitative estimate of drug-likeness (QED) is 0.385. The van der Waals surface area contributed by atoms with Gasteiger partial charge in [-0.25, -0.2) is 4.39 Å². The Morgan fingerprint density at radius 3 is 2.62 bits per heavy atom. The number of aliphatic imine (C=N–C) groups is 1. The number of nitrogens with one attached hydrogen (secondary N) is 2. The number of halogens is 1. The fraction of sp³-hybridized carbons (Fsp3) is 0.435. The van der Waals surface area contributed by atoms with Crippen molar-refractivity contribution in [3.8, 4) is 5.75 Å². The molecule has 2 aromatic rings. The molecule has 1 aliphatic carbocycles. The van der Waals surface area contributed by atoms with Gasteiger partial charge in [-0.1, -0.05) is 30.3 Å². The largest absolute Gasteiger partial charge is 0.491 e. The van der Waals surface area contributed by atoms with Crippen LogP contribution in [0.15, 0.2) is 47.5 Å². The fourth-order valence-corrected chi connectivity index (χ4v) is 3.41. The van der Waals surface area contributed by atoms with Gasteiger partial charge in [-0.15, -0.1) is 0 Å². The van der Waals surface area contributed by atoms with E-state index in [1.165, 1.54) is 6.07 Å². The maximum Gasteiger partial charge on any atom is 0.191 e. The highest BCUT2D eigenvalue weighted by molar-refractivity contribution is 5.80. The van der Waals surface area contributed by atoms with E-state index in [0.717, 1.165) is 35.3 Å². The monoisotopic (exact) mass is 399 g/mol. The van der Waals surface area contributed by atoms with Crippen molar-refractivity contribution in [2.45, 2.75) is 31.7 Å². The summed E-state index contributed by atoms with van der Waals surface area (Å²) < 4.78 is 25.1. The number of ether oxygens (including phenoxy) is 2. The molecule has 29 heavy (non-hydrogen) atoms. The maximum absolute atomic E-state index is 14.2. The van der Waals surface area contributed by atoms with Gasteiger partial charge in [-0.2, -0.15) is 0 Å². The predicted molar refractivity (Wildman–Crippen MR) is 114 cm³/mol. The average molecular weight is 400 g/mol. The van der Waals surface area contributed by atoms with E-state index in [0.29, 0.717) is 32.3 Å². The predicted octanol–water partition coefficient (Wildman–Crippen LogP) is 3.56. The van der Waals surface area contributed by atoms with Gasteiger partial charge in [-0.3, -0.25) is 4.99 Å². The molecule has 5 nitrogen and oxygen atoms in total. The number of hydrogen-bond donors (Lipinski definition) is 2. The number of nitrogens with zero attached hydrogens (tertiary/aromatic N) is 1. The highest BCUT2D eigenvalue weighted by Gasteiger charge is 2.45. The van der Waals surface area contributed by atoms with E-state index in [4.69, 9.17) is 9.47 Å². The van der Waals surface area contributed by atoms with E-state index in [1.807, 2.05) is 25.1 Å². The Bertz CT molecular complexity index is 850. The second-order valence-electron chi connectivity index (χ2n) is 7.49. The summed E-state index contributed by atoms with van der Waals surface area (Å²) in [6.45, 7) is 4.32. The van der Waals surface area contributed by atoms with Crippen LogP contribution >= 0.6 is 0 Å². The highest BCUT2D eigenvalue weighted by Crippen LogP contribution is 2.48. The Labute approximate surface area is 172 Å². The van der Waals surface area contributed by atoms with Crippen LogP contribution in [0.3, 0.4) is 0 Å². The molecular formula is C23H30FN3O2. The fourth-order valence-electron chi connectivity index (χ4n) is 3.41.